The molecule has 1 saturated heterocycles. The molecule has 0 aromatic heterocycles. The summed E-state index contributed by atoms with van der Waals surface area (Å²) < 4.78 is 5.49. The summed E-state index contributed by atoms with van der Waals surface area (Å²) in [5, 5.41) is 3.61. The molecule has 2 aliphatic rings. The number of fused-ring (bicyclic) bond motifs is 2. The molecule has 0 aliphatic carbocycles. The number of aliphatic imine (C=N–C) groups is 1. The Kier molecular flexibility index (Phi) is 3.36. The number of hydrogen-bond donors (Lipinski definition) is 1. The van der Waals surface area contributed by atoms with Crippen LogP contribution in [0.4, 0.5) is 5.69 Å². The number of nitrogens with zero attached hydrogens (tertiary/aromatic N) is 1. The van der Waals surface area contributed by atoms with Gasteiger partial charge >= 0.3 is 0 Å². The van der Waals surface area contributed by atoms with Gasteiger partial charge in [-0.25, -0.2) is 4.99 Å². The van der Waals surface area contributed by atoms with Crippen molar-refractivity contribution in [2.45, 2.75) is 46.6 Å². The van der Waals surface area contributed by atoms with Crippen LogP contribution in [0.25, 0.3) is 0 Å². The average molecular weight is 286 g/mol. The predicted octanol–water partition coefficient (Wildman–Crippen LogP) is 3.79. The van der Waals surface area contributed by atoms with E-state index in [2.05, 4.69) is 58.1 Å². The molecule has 0 amide bonds. The number of nitrogens with one attached hydrogen (secondary N) is 1. The van der Waals surface area contributed by atoms with Gasteiger partial charge in [-0.05, 0) is 23.5 Å². The molecule has 3 rings (SSSR count). The summed E-state index contributed by atoms with van der Waals surface area (Å²) >= 11 is 0. The van der Waals surface area contributed by atoms with E-state index in [1.54, 1.807) is 0 Å². The highest BCUT2D eigenvalue weighted by atomic mass is 16.5. The molecule has 0 unspecified atom stereocenters. The lowest BCUT2D eigenvalue weighted by molar-refractivity contribution is -0.0696. The van der Waals surface area contributed by atoms with Crippen molar-refractivity contribution < 1.29 is 4.74 Å². The lowest BCUT2D eigenvalue weighted by Crippen LogP contribution is -2.61. The number of hydrogen-bond acceptors (Lipinski definition) is 3. The molecule has 3 heteroatoms. The molecule has 1 fully saturated rings. The van der Waals surface area contributed by atoms with Crippen LogP contribution in [0.5, 0.6) is 0 Å². The average Bonchev–Trinajstić information content (AvgIpc) is 2.32. The standard InChI is InChI=1S/C18H26N2O/c1-12(2)16-19-15-8-13(9-17(3,4)5)6-7-14(15)18(20-16)10-21-11-18/h6-8,12H,9-11H2,1-5H3,(H,19,20). The van der Waals surface area contributed by atoms with E-state index < -0.39 is 0 Å². The van der Waals surface area contributed by atoms with E-state index in [0.29, 0.717) is 11.3 Å². The molecular formula is C18H26N2O. The second-order valence-electron chi connectivity index (χ2n) is 7.94. The largest absolute Gasteiger partial charge is 0.376 e. The Bertz CT molecular complexity index is 577. The van der Waals surface area contributed by atoms with Crippen molar-refractivity contribution in [2.24, 2.45) is 16.3 Å². The van der Waals surface area contributed by atoms with Crippen LogP contribution in [0, 0.1) is 11.3 Å². The van der Waals surface area contributed by atoms with Crippen molar-refractivity contribution in [3.05, 3.63) is 29.3 Å². The van der Waals surface area contributed by atoms with Crippen LogP contribution in [-0.2, 0) is 16.7 Å². The maximum Gasteiger partial charge on any atom is 0.113 e. The molecule has 21 heavy (non-hydrogen) atoms. The van der Waals surface area contributed by atoms with E-state index in [1.807, 2.05) is 0 Å². The van der Waals surface area contributed by atoms with E-state index in [0.717, 1.165) is 31.2 Å². The van der Waals surface area contributed by atoms with Gasteiger partial charge in [-0.1, -0.05) is 46.8 Å². The highest BCUT2D eigenvalue weighted by Gasteiger charge is 2.45. The highest BCUT2D eigenvalue weighted by molar-refractivity contribution is 5.90. The second-order valence-corrected chi connectivity index (χ2v) is 7.94. The van der Waals surface area contributed by atoms with Crippen LogP contribution in [0.2, 0.25) is 0 Å². The topological polar surface area (TPSA) is 33.6 Å². The summed E-state index contributed by atoms with van der Waals surface area (Å²) in [4.78, 5) is 4.86. The second kappa shape index (κ2) is 4.84. The molecule has 3 nitrogen and oxygen atoms in total. The van der Waals surface area contributed by atoms with Gasteiger partial charge in [0.1, 0.15) is 11.4 Å². The first-order valence-electron chi connectivity index (χ1n) is 7.87. The monoisotopic (exact) mass is 286 g/mol. The number of ether oxygens (including phenoxy) is 1. The fraction of sp³-hybridized carbons (Fsp3) is 0.611. The Morgan fingerprint density at radius 2 is 2.00 bits per heavy atom. The summed E-state index contributed by atoms with van der Waals surface area (Å²) in [7, 11) is 0. The Morgan fingerprint density at radius 1 is 1.29 bits per heavy atom. The van der Waals surface area contributed by atoms with E-state index in [4.69, 9.17) is 9.73 Å². The van der Waals surface area contributed by atoms with Crippen molar-refractivity contribution in [3.63, 3.8) is 0 Å². The molecule has 114 valence electrons. The fourth-order valence-electron chi connectivity index (χ4n) is 3.07. The van der Waals surface area contributed by atoms with Crippen molar-refractivity contribution in [1.82, 2.24) is 5.32 Å². The maximum atomic E-state index is 5.49. The summed E-state index contributed by atoms with van der Waals surface area (Å²) in [5.74, 6) is 1.49. The molecule has 1 N–H and O–H groups in total. The van der Waals surface area contributed by atoms with Crippen molar-refractivity contribution in [1.29, 1.82) is 0 Å². The molecule has 0 atom stereocenters. The zero-order chi connectivity index (χ0) is 15.3. The first kappa shape index (κ1) is 14.6. The minimum absolute atomic E-state index is 0.0447. The minimum Gasteiger partial charge on any atom is -0.376 e. The molecule has 2 aliphatic heterocycles. The molecule has 0 radical (unpaired) electrons. The third kappa shape index (κ3) is 2.71. The van der Waals surface area contributed by atoms with E-state index in [9.17, 15) is 0 Å². The Morgan fingerprint density at radius 3 is 2.52 bits per heavy atom. The predicted molar refractivity (Wildman–Crippen MR) is 87.2 cm³/mol. The van der Waals surface area contributed by atoms with Crippen LogP contribution >= 0.6 is 0 Å². The van der Waals surface area contributed by atoms with Crippen molar-refractivity contribution >= 4 is 11.5 Å². The normalized spacial score (nSPS) is 19.8. The first-order valence-corrected chi connectivity index (χ1v) is 7.87. The molecule has 0 bridgehead atoms. The Labute approximate surface area is 127 Å². The summed E-state index contributed by atoms with van der Waals surface area (Å²) in [5.41, 5.74) is 4.03. The maximum absolute atomic E-state index is 5.49. The third-order valence-electron chi connectivity index (χ3n) is 4.16. The Balaban J connectivity index is 2.01. The molecule has 2 heterocycles. The van der Waals surface area contributed by atoms with Gasteiger partial charge in [-0.2, -0.15) is 0 Å². The first-order chi connectivity index (χ1) is 9.79. The van der Waals surface area contributed by atoms with Crippen molar-refractivity contribution in [2.75, 3.05) is 13.2 Å². The number of benzene rings is 1. The SMILES string of the molecule is CC(C)C1=Nc2cc(CC(C)(C)C)ccc2C2(COC2)N1. The quantitative estimate of drug-likeness (QED) is 0.897. The van der Waals surface area contributed by atoms with Gasteiger partial charge in [0.05, 0.1) is 18.9 Å². The number of rotatable bonds is 2. The van der Waals surface area contributed by atoms with Crippen LogP contribution in [-0.4, -0.2) is 19.0 Å². The van der Waals surface area contributed by atoms with E-state index in [1.165, 1.54) is 11.1 Å². The van der Waals surface area contributed by atoms with Gasteiger partial charge in [0.15, 0.2) is 0 Å². The smallest absolute Gasteiger partial charge is 0.113 e. The fourth-order valence-corrected chi connectivity index (χ4v) is 3.07. The zero-order valence-electron chi connectivity index (χ0n) is 13.8. The molecule has 1 aromatic rings. The van der Waals surface area contributed by atoms with Gasteiger partial charge < -0.3 is 10.1 Å². The molecule has 1 aromatic carbocycles. The summed E-state index contributed by atoms with van der Waals surface area (Å²) in [6.07, 6.45) is 1.07. The lowest BCUT2D eigenvalue weighted by atomic mass is 9.82. The minimum atomic E-state index is -0.0447. The molecule has 0 saturated carbocycles. The van der Waals surface area contributed by atoms with Gasteiger partial charge in [-0.3, -0.25) is 0 Å². The van der Waals surface area contributed by atoms with Crippen LogP contribution in [0.1, 0.15) is 45.7 Å². The number of amidine groups is 1. The third-order valence-corrected chi connectivity index (χ3v) is 4.16. The molecule has 1 spiro atoms. The van der Waals surface area contributed by atoms with Crippen LogP contribution in [0.3, 0.4) is 0 Å². The zero-order valence-corrected chi connectivity index (χ0v) is 13.8. The van der Waals surface area contributed by atoms with Crippen LogP contribution < -0.4 is 5.32 Å². The van der Waals surface area contributed by atoms with Gasteiger partial charge in [-0.15, -0.1) is 0 Å². The highest BCUT2D eigenvalue weighted by Crippen LogP contribution is 2.40. The summed E-state index contributed by atoms with van der Waals surface area (Å²) in [6, 6.07) is 6.76. The van der Waals surface area contributed by atoms with E-state index >= 15 is 0 Å². The molecular weight excluding hydrogens is 260 g/mol. The van der Waals surface area contributed by atoms with Gasteiger partial charge in [0.25, 0.3) is 0 Å². The Hall–Kier alpha value is -1.35. The summed E-state index contributed by atoms with van der Waals surface area (Å²) in [6.45, 7) is 12.7. The lowest BCUT2D eigenvalue weighted by Gasteiger charge is -2.46. The van der Waals surface area contributed by atoms with Gasteiger partial charge in [0.2, 0.25) is 0 Å². The van der Waals surface area contributed by atoms with E-state index in [-0.39, 0.29) is 5.54 Å². The van der Waals surface area contributed by atoms with Crippen molar-refractivity contribution in [3.8, 4) is 0 Å². The van der Waals surface area contributed by atoms with Gasteiger partial charge in [0, 0.05) is 11.5 Å². The van der Waals surface area contributed by atoms with Crippen LogP contribution in [0.15, 0.2) is 23.2 Å².